The minimum Gasteiger partial charge on any atom is -0.454 e. The summed E-state index contributed by atoms with van der Waals surface area (Å²) < 4.78 is 6.05. The highest BCUT2D eigenvalue weighted by Gasteiger charge is 2.16. The first-order valence-electron chi connectivity index (χ1n) is 15.4. The van der Waals surface area contributed by atoms with E-state index in [9.17, 15) is 0 Å². The van der Waals surface area contributed by atoms with Gasteiger partial charge in [-0.25, -0.2) is 24.9 Å². The Morgan fingerprint density at radius 2 is 0.957 bits per heavy atom. The van der Waals surface area contributed by atoms with E-state index in [0.29, 0.717) is 17.5 Å². The molecule has 9 aromatic rings. The van der Waals surface area contributed by atoms with Gasteiger partial charge < -0.3 is 4.42 Å². The molecule has 4 aromatic heterocycles. The minimum atomic E-state index is 0.597. The van der Waals surface area contributed by atoms with Crippen LogP contribution in [0, 0.1) is 0 Å². The van der Waals surface area contributed by atoms with Gasteiger partial charge in [0.1, 0.15) is 11.1 Å². The van der Waals surface area contributed by atoms with Crippen molar-refractivity contribution in [3.63, 3.8) is 0 Å². The number of hydrogen-bond donors (Lipinski definition) is 0. The molecule has 47 heavy (non-hydrogen) atoms. The number of nitrogens with zero attached hydrogens (tertiary/aromatic N) is 5. The van der Waals surface area contributed by atoms with Crippen molar-refractivity contribution in [2.24, 2.45) is 0 Å². The van der Waals surface area contributed by atoms with Crippen molar-refractivity contribution < 1.29 is 4.42 Å². The van der Waals surface area contributed by atoms with Crippen LogP contribution in [0.2, 0.25) is 0 Å². The number of benzene rings is 5. The molecule has 0 amide bonds. The lowest BCUT2D eigenvalue weighted by molar-refractivity contribution is 0.668. The number of hydrogen-bond acceptors (Lipinski definition) is 6. The third kappa shape index (κ3) is 4.89. The first kappa shape index (κ1) is 26.8. The van der Waals surface area contributed by atoms with Crippen LogP contribution in [0.1, 0.15) is 0 Å². The van der Waals surface area contributed by atoms with Crippen LogP contribution in [-0.4, -0.2) is 24.9 Å². The van der Waals surface area contributed by atoms with Crippen LogP contribution >= 0.6 is 0 Å². The molecule has 0 aliphatic heterocycles. The summed E-state index contributed by atoms with van der Waals surface area (Å²) in [6, 6.07) is 50.6. The summed E-state index contributed by atoms with van der Waals surface area (Å²) in [5, 5.41) is 3.10. The fraction of sp³-hybridized carbons (Fsp3) is 0. The number of furan rings is 1. The van der Waals surface area contributed by atoms with Crippen LogP contribution in [0.15, 0.2) is 156 Å². The number of fused-ring (bicyclic) bond motifs is 4. The van der Waals surface area contributed by atoms with Crippen molar-refractivity contribution in [2.45, 2.75) is 0 Å². The normalized spacial score (nSPS) is 11.4. The SMILES string of the molecule is c1ccc(-c2nc(-c3ccccc3)nc(-c3cccc(-c4cc5ccccc5c(-c5ccc6oc7ccccc7c6n5)n4)c3)n2)cc1. The van der Waals surface area contributed by atoms with Crippen LogP contribution in [0.4, 0.5) is 0 Å². The zero-order chi connectivity index (χ0) is 31.2. The van der Waals surface area contributed by atoms with Crippen molar-refractivity contribution in [1.82, 2.24) is 24.9 Å². The average molecular weight is 604 g/mol. The molecule has 0 atom stereocenters. The summed E-state index contributed by atoms with van der Waals surface area (Å²) in [5.41, 5.74) is 8.52. The lowest BCUT2D eigenvalue weighted by atomic mass is 10.0. The van der Waals surface area contributed by atoms with Crippen molar-refractivity contribution in [3.8, 4) is 56.8 Å². The summed E-state index contributed by atoms with van der Waals surface area (Å²) in [7, 11) is 0. The first-order valence-corrected chi connectivity index (χ1v) is 15.4. The Morgan fingerprint density at radius 3 is 1.70 bits per heavy atom. The van der Waals surface area contributed by atoms with Crippen molar-refractivity contribution >= 4 is 32.8 Å². The Bertz CT molecular complexity index is 2520. The van der Waals surface area contributed by atoms with Crippen molar-refractivity contribution in [2.75, 3.05) is 0 Å². The lowest BCUT2D eigenvalue weighted by Crippen LogP contribution is -2.00. The molecule has 6 heteroatoms. The first-order chi connectivity index (χ1) is 23.3. The largest absolute Gasteiger partial charge is 0.454 e. The van der Waals surface area contributed by atoms with E-state index in [1.807, 2.05) is 121 Å². The van der Waals surface area contributed by atoms with E-state index in [0.717, 1.165) is 72.2 Å². The van der Waals surface area contributed by atoms with Crippen LogP contribution < -0.4 is 0 Å². The third-order valence-corrected chi connectivity index (χ3v) is 8.32. The topological polar surface area (TPSA) is 77.6 Å². The maximum Gasteiger partial charge on any atom is 0.164 e. The summed E-state index contributed by atoms with van der Waals surface area (Å²) in [6.45, 7) is 0. The molecule has 0 unspecified atom stereocenters. The van der Waals surface area contributed by atoms with E-state index >= 15 is 0 Å². The second-order valence-electron chi connectivity index (χ2n) is 11.3. The molecule has 9 rings (SSSR count). The molecular formula is C41H25N5O. The third-order valence-electron chi connectivity index (χ3n) is 8.32. The van der Waals surface area contributed by atoms with E-state index in [-0.39, 0.29) is 0 Å². The minimum absolute atomic E-state index is 0.597. The summed E-state index contributed by atoms with van der Waals surface area (Å²) in [5.74, 6) is 1.85. The van der Waals surface area contributed by atoms with E-state index in [4.69, 9.17) is 29.3 Å². The number of para-hydroxylation sites is 1. The average Bonchev–Trinajstić information content (AvgIpc) is 3.53. The van der Waals surface area contributed by atoms with Crippen molar-refractivity contribution in [3.05, 3.63) is 152 Å². The van der Waals surface area contributed by atoms with Gasteiger partial charge in [0.05, 0.1) is 17.1 Å². The maximum absolute atomic E-state index is 6.05. The monoisotopic (exact) mass is 603 g/mol. The van der Waals surface area contributed by atoms with Gasteiger partial charge in [-0.05, 0) is 41.8 Å². The highest BCUT2D eigenvalue weighted by molar-refractivity contribution is 6.04. The summed E-state index contributed by atoms with van der Waals surface area (Å²) >= 11 is 0. The van der Waals surface area contributed by atoms with Crippen LogP contribution in [0.3, 0.4) is 0 Å². The van der Waals surface area contributed by atoms with Gasteiger partial charge in [-0.3, -0.25) is 0 Å². The van der Waals surface area contributed by atoms with Crippen molar-refractivity contribution in [1.29, 1.82) is 0 Å². The summed E-state index contributed by atoms with van der Waals surface area (Å²) in [4.78, 5) is 25.0. The molecule has 0 bridgehead atoms. The van der Waals surface area contributed by atoms with Crippen LogP contribution in [-0.2, 0) is 0 Å². The van der Waals surface area contributed by atoms with E-state index in [1.165, 1.54) is 0 Å². The predicted molar refractivity (Wildman–Crippen MR) is 187 cm³/mol. The molecule has 6 nitrogen and oxygen atoms in total. The Labute approximate surface area is 270 Å². The highest BCUT2D eigenvalue weighted by atomic mass is 16.3. The number of rotatable bonds is 5. The van der Waals surface area contributed by atoms with E-state index < -0.39 is 0 Å². The van der Waals surface area contributed by atoms with Gasteiger partial charge in [0.2, 0.25) is 0 Å². The van der Waals surface area contributed by atoms with Gasteiger partial charge in [0.25, 0.3) is 0 Å². The second kappa shape index (κ2) is 11.1. The van der Waals surface area contributed by atoms with Crippen LogP contribution in [0.5, 0.6) is 0 Å². The Balaban J connectivity index is 1.19. The quantitative estimate of drug-likeness (QED) is 0.195. The molecule has 0 aliphatic rings. The Kier molecular flexibility index (Phi) is 6.35. The summed E-state index contributed by atoms with van der Waals surface area (Å²) in [6.07, 6.45) is 0. The van der Waals surface area contributed by atoms with Gasteiger partial charge in [-0.1, -0.05) is 115 Å². The zero-order valence-electron chi connectivity index (χ0n) is 25.1. The predicted octanol–water partition coefficient (Wildman–Crippen LogP) is 10.0. The van der Waals surface area contributed by atoms with Gasteiger partial charge in [-0.15, -0.1) is 0 Å². The second-order valence-corrected chi connectivity index (χ2v) is 11.3. The molecule has 0 aliphatic carbocycles. The molecule has 4 heterocycles. The fourth-order valence-electron chi connectivity index (χ4n) is 6.02. The molecule has 220 valence electrons. The molecule has 0 radical (unpaired) electrons. The zero-order valence-corrected chi connectivity index (χ0v) is 25.1. The van der Waals surface area contributed by atoms with E-state index in [2.05, 4.69) is 30.3 Å². The molecule has 5 aromatic carbocycles. The number of aromatic nitrogens is 5. The number of pyridine rings is 2. The van der Waals surface area contributed by atoms with Gasteiger partial charge in [-0.2, -0.15) is 0 Å². The van der Waals surface area contributed by atoms with Crippen LogP contribution in [0.25, 0.3) is 89.7 Å². The molecule has 0 N–H and O–H groups in total. The lowest BCUT2D eigenvalue weighted by Gasteiger charge is -2.11. The highest BCUT2D eigenvalue weighted by Crippen LogP contribution is 2.35. The van der Waals surface area contributed by atoms with Gasteiger partial charge >= 0.3 is 0 Å². The molecule has 0 saturated carbocycles. The molecule has 0 fully saturated rings. The standard InChI is InChI=1S/C41H25N5O/c1-3-12-26(13-4-1)39-44-40(27-14-5-2-6-15-27)46-41(45-39)30-18-11-17-29(24-30)34-25-28-16-7-8-19-31(28)37(43-34)33-22-23-36-38(42-33)32-20-9-10-21-35(32)47-36/h1-25H. The molecule has 0 spiro atoms. The fourth-order valence-corrected chi connectivity index (χ4v) is 6.02. The maximum atomic E-state index is 6.05. The van der Waals surface area contributed by atoms with Gasteiger partial charge in [0.15, 0.2) is 23.1 Å². The molecular weight excluding hydrogens is 578 g/mol. The molecule has 0 saturated heterocycles. The van der Waals surface area contributed by atoms with Gasteiger partial charge in [0, 0.05) is 33.0 Å². The Morgan fingerprint density at radius 1 is 0.362 bits per heavy atom. The smallest absolute Gasteiger partial charge is 0.164 e. The Hall–Kier alpha value is -6.53. The van der Waals surface area contributed by atoms with E-state index in [1.54, 1.807) is 0 Å².